The van der Waals surface area contributed by atoms with Crippen LogP contribution in [0.3, 0.4) is 0 Å². The fourth-order valence-electron chi connectivity index (χ4n) is 5.31. The van der Waals surface area contributed by atoms with Gasteiger partial charge in [-0.05, 0) is 72.1 Å². The molecule has 0 radical (unpaired) electrons. The summed E-state index contributed by atoms with van der Waals surface area (Å²) in [6, 6.07) is 28.6. The van der Waals surface area contributed by atoms with Crippen LogP contribution in [0.4, 0.5) is 0 Å². The average Bonchev–Trinajstić information content (AvgIpc) is 3.04. The molecule has 0 heterocycles. The van der Waals surface area contributed by atoms with Crippen molar-refractivity contribution in [3.8, 4) is 11.5 Å². The fraction of sp³-hybridized carbons (Fsp3) is 0.241. The van der Waals surface area contributed by atoms with E-state index in [-0.39, 0.29) is 0 Å². The lowest BCUT2D eigenvalue weighted by Gasteiger charge is -2.38. The Labute approximate surface area is 193 Å². The van der Waals surface area contributed by atoms with Crippen LogP contribution >= 0.6 is 0 Å². The van der Waals surface area contributed by atoms with Gasteiger partial charge in [0, 0.05) is 0 Å². The quantitative estimate of drug-likeness (QED) is 0.396. The van der Waals surface area contributed by atoms with Crippen LogP contribution in [-0.2, 0) is 0 Å². The molecule has 1 aliphatic carbocycles. The molecule has 2 nitrogen and oxygen atoms in total. The van der Waals surface area contributed by atoms with Crippen LogP contribution in [0.25, 0.3) is 0 Å². The van der Waals surface area contributed by atoms with Crippen molar-refractivity contribution in [3.63, 3.8) is 0 Å². The van der Waals surface area contributed by atoms with Crippen molar-refractivity contribution < 1.29 is 9.47 Å². The zero-order chi connectivity index (χ0) is 22.9. The Kier molecular flexibility index (Phi) is 6.12. The van der Waals surface area contributed by atoms with Gasteiger partial charge in [-0.2, -0.15) is 0 Å². The van der Waals surface area contributed by atoms with Crippen molar-refractivity contribution in [2.24, 2.45) is 5.92 Å². The summed E-state index contributed by atoms with van der Waals surface area (Å²) in [6.07, 6.45) is 0. The van der Waals surface area contributed by atoms with Crippen LogP contribution in [0, 0.1) is 5.92 Å². The standard InChI is InChI=1S/C29H32O2Si/c1-20-21(2)23(4)29(22(20)3)32(26-10-8-7-9-11-26,27-16-12-24(30-5)13-17-27)28-18-14-25(31-6)15-19-28/h7-19,22H,1-6H3. The molecule has 0 amide bonds. The molecule has 164 valence electrons. The molecule has 1 aliphatic rings. The van der Waals surface area contributed by atoms with Gasteiger partial charge in [0.25, 0.3) is 0 Å². The van der Waals surface area contributed by atoms with Crippen LogP contribution in [0.15, 0.2) is 101 Å². The average molecular weight is 441 g/mol. The van der Waals surface area contributed by atoms with Gasteiger partial charge >= 0.3 is 0 Å². The molecule has 1 atom stereocenters. The molecule has 4 rings (SSSR count). The Bertz CT molecular complexity index is 1110. The van der Waals surface area contributed by atoms with E-state index in [9.17, 15) is 0 Å². The summed E-state index contributed by atoms with van der Waals surface area (Å²) in [6.45, 7) is 9.26. The van der Waals surface area contributed by atoms with Crippen molar-refractivity contribution in [2.45, 2.75) is 27.7 Å². The number of hydrogen-bond donors (Lipinski definition) is 0. The van der Waals surface area contributed by atoms with Gasteiger partial charge in [-0.3, -0.25) is 0 Å². The molecule has 0 N–H and O–H groups in total. The van der Waals surface area contributed by atoms with E-state index >= 15 is 0 Å². The zero-order valence-corrected chi connectivity index (χ0v) is 20.9. The van der Waals surface area contributed by atoms with Gasteiger partial charge in [0.15, 0.2) is 8.07 Å². The number of allylic oxidation sites excluding steroid dienone is 4. The molecular formula is C29H32O2Si. The summed E-state index contributed by atoms with van der Waals surface area (Å²) >= 11 is 0. The van der Waals surface area contributed by atoms with Gasteiger partial charge in [-0.1, -0.05) is 77.9 Å². The highest BCUT2D eigenvalue weighted by Gasteiger charge is 2.47. The van der Waals surface area contributed by atoms with Gasteiger partial charge in [0.05, 0.1) is 14.2 Å². The normalized spacial score (nSPS) is 16.5. The lowest BCUT2D eigenvalue weighted by atomic mass is 10.1. The first-order valence-electron chi connectivity index (χ1n) is 11.2. The van der Waals surface area contributed by atoms with Gasteiger partial charge in [-0.15, -0.1) is 0 Å². The molecule has 0 saturated carbocycles. The molecule has 32 heavy (non-hydrogen) atoms. The maximum absolute atomic E-state index is 5.50. The Balaban J connectivity index is 2.12. The van der Waals surface area contributed by atoms with Gasteiger partial charge in [-0.25, -0.2) is 0 Å². The van der Waals surface area contributed by atoms with Gasteiger partial charge in [0.1, 0.15) is 11.5 Å². The molecule has 0 saturated heterocycles. The number of hydrogen-bond acceptors (Lipinski definition) is 2. The molecule has 0 fully saturated rings. The minimum absolute atomic E-state index is 0.395. The molecule has 3 heteroatoms. The predicted octanol–water partition coefficient (Wildman–Crippen LogP) is 5.02. The Hall–Kier alpha value is -3.04. The first-order chi connectivity index (χ1) is 15.4. The zero-order valence-electron chi connectivity index (χ0n) is 19.9. The second-order valence-corrected chi connectivity index (χ2v) is 12.4. The summed E-state index contributed by atoms with van der Waals surface area (Å²) in [5.74, 6) is 2.16. The molecule has 3 aromatic carbocycles. The van der Waals surface area contributed by atoms with Crippen molar-refractivity contribution in [1.82, 2.24) is 0 Å². The van der Waals surface area contributed by atoms with Crippen LogP contribution < -0.4 is 25.0 Å². The SMILES string of the molecule is COc1ccc([Si](C2=C(C)C(C)=C(C)C2C)(c2ccccc2)c2ccc(OC)cc2)cc1. The van der Waals surface area contributed by atoms with E-state index in [2.05, 4.69) is 107 Å². The van der Waals surface area contributed by atoms with Crippen LogP contribution in [-0.4, -0.2) is 22.3 Å². The Morgan fingerprint density at radius 3 is 1.41 bits per heavy atom. The van der Waals surface area contributed by atoms with Crippen LogP contribution in [0.2, 0.25) is 0 Å². The van der Waals surface area contributed by atoms with Gasteiger partial charge < -0.3 is 9.47 Å². The third kappa shape index (κ3) is 3.41. The van der Waals surface area contributed by atoms with Crippen molar-refractivity contribution in [3.05, 3.63) is 101 Å². The molecule has 0 bridgehead atoms. The predicted molar refractivity (Wildman–Crippen MR) is 137 cm³/mol. The topological polar surface area (TPSA) is 18.5 Å². The van der Waals surface area contributed by atoms with E-state index in [0.29, 0.717) is 5.92 Å². The summed E-state index contributed by atoms with van der Waals surface area (Å²) in [5, 5.41) is 5.73. The van der Waals surface area contributed by atoms with Crippen LogP contribution in [0.1, 0.15) is 27.7 Å². The number of benzene rings is 3. The maximum Gasteiger partial charge on any atom is 0.176 e. The highest BCUT2D eigenvalue weighted by atomic mass is 28.3. The highest BCUT2D eigenvalue weighted by molar-refractivity contribution is 7.16. The van der Waals surface area contributed by atoms with E-state index in [0.717, 1.165) is 11.5 Å². The lowest BCUT2D eigenvalue weighted by Crippen LogP contribution is -2.69. The Morgan fingerprint density at radius 1 is 0.594 bits per heavy atom. The summed E-state index contributed by atoms with van der Waals surface area (Å²) in [5.41, 5.74) is 4.35. The lowest BCUT2D eigenvalue weighted by molar-refractivity contribution is 0.415. The third-order valence-electron chi connectivity index (χ3n) is 7.30. The summed E-state index contributed by atoms with van der Waals surface area (Å²) < 4.78 is 11.0. The van der Waals surface area contributed by atoms with E-state index in [1.54, 1.807) is 19.4 Å². The molecule has 3 aromatic rings. The molecule has 0 aliphatic heterocycles. The second kappa shape index (κ2) is 8.83. The minimum Gasteiger partial charge on any atom is -0.497 e. The first-order valence-corrected chi connectivity index (χ1v) is 13.2. The Morgan fingerprint density at radius 2 is 1.03 bits per heavy atom. The molecule has 0 aromatic heterocycles. The van der Waals surface area contributed by atoms with Crippen molar-refractivity contribution in [1.29, 1.82) is 0 Å². The molecule has 1 unspecified atom stereocenters. The third-order valence-corrected chi connectivity index (χ3v) is 12.5. The summed E-state index contributed by atoms with van der Waals surface area (Å²) in [4.78, 5) is 0. The van der Waals surface area contributed by atoms with E-state index < -0.39 is 8.07 Å². The van der Waals surface area contributed by atoms with E-state index in [1.165, 1.54) is 32.3 Å². The van der Waals surface area contributed by atoms with Crippen molar-refractivity contribution >= 4 is 23.6 Å². The van der Waals surface area contributed by atoms with E-state index in [4.69, 9.17) is 9.47 Å². The maximum atomic E-state index is 5.50. The van der Waals surface area contributed by atoms with Crippen LogP contribution in [0.5, 0.6) is 11.5 Å². The minimum atomic E-state index is -2.55. The number of ether oxygens (including phenoxy) is 2. The smallest absolute Gasteiger partial charge is 0.176 e. The number of rotatable bonds is 6. The number of methoxy groups -OCH3 is 2. The second-order valence-electron chi connectivity index (χ2n) is 8.64. The first kappa shape index (κ1) is 22.2. The molecule has 0 spiro atoms. The highest BCUT2D eigenvalue weighted by Crippen LogP contribution is 2.41. The largest absolute Gasteiger partial charge is 0.497 e. The summed E-state index contributed by atoms with van der Waals surface area (Å²) in [7, 11) is 0.905. The fourth-order valence-corrected chi connectivity index (χ4v) is 10.9. The van der Waals surface area contributed by atoms with Crippen molar-refractivity contribution in [2.75, 3.05) is 14.2 Å². The van der Waals surface area contributed by atoms with Gasteiger partial charge in [0.2, 0.25) is 0 Å². The van der Waals surface area contributed by atoms with E-state index in [1.807, 2.05) is 0 Å². The molecular weight excluding hydrogens is 408 g/mol. The monoisotopic (exact) mass is 440 g/mol.